The summed E-state index contributed by atoms with van der Waals surface area (Å²) in [6, 6.07) is 0.692. The number of β-lactam (4-membered cyclic amide) rings is 1. The van der Waals surface area contributed by atoms with Gasteiger partial charge in [-0.25, -0.2) is 14.5 Å². The summed E-state index contributed by atoms with van der Waals surface area (Å²) >= 11 is 3.65. The van der Waals surface area contributed by atoms with Crippen molar-refractivity contribution in [1.29, 1.82) is 5.26 Å². The lowest BCUT2D eigenvalue weighted by atomic mass is 10.0. The number of nitriles is 1. The normalized spacial score (nSPS) is 18.1. The highest BCUT2D eigenvalue weighted by molar-refractivity contribution is 8.01. The summed E-state index contributed by atoms with van der Waals surface area (Å²) in [6.45, 7) is 2.35. The summed E-state index contributed by atoms with van der Waals surface area (Å²) in [5.41, 5.74) is 0.153. The molecule has 2 aliphatic rings. The number of tetrazole rings is 1. The Hall–Kier alpha value is -4.02. The Morgan fingerprint density at radius 2 is 2.21 bits per heavy atom. The molecule has 0 aliphatic carbocycles. The number of unbranched alkanes of at least 4 members (excludes halogenated alkanes) is 3. The van der Waals surface area contributed by atoms with Crippen LogP contribution in [-0.4, -0.2) is 94.6 Å². The fourth-order valence-electron chi connectivity index (χ4n) is 4.11. The van der Waals surface area contributed by atoms with Gasteiger partial charge in [0.1, 0.15) is 28.9 Å². The number of rotatable bonds is 16. The first-order valence-corrected chi connectivity index (χ1v) is 15.6. The number of aromatic nitrogens is 5. The number of anilines is 1. The average Bonchev–Trinajstić information content (AvgIpc) is 3.64. The Balaban J connectivity index is 1.44. The number of aryl methyl sites for hydroxylation is 1. The Kier molecular flexibility index (Phi) is 10.9. The molecule has 3 amide bonds. The summed E-state index contributed by atoms with van der Waals surface area (Å²) < 4.78 is 1.69. The van der Waals surface area contributed by atoms with Crippen LogP contribution >= 0.6 is 34.9 Å². The number of thiazole rings is 1. The van der Waals surface area contributed by atoms with E-state index in [9.17, 15) is 24.3 Å². The standard InChI is InChI=1S/C23H26N10O6S3/c1-2-3-4-5-7-32-23(28-30-31-32)42-10-13-9-40-20-16(19(36)33(20)17(13)21(37)38)27-18(35)15(29-39-8-6-24)14-11-41-22(26-14)25-12-34/h11-12,16,20H,2-5,7-10H2,1H3,(H,27,35)(H,37,38)(H,25,26,34)/b29-15+/t16?,20-/m1/s1. The molecule has 2 aliphatic heterocycles. The number of aliphatic carboxylic acids is 1. The molecule has 222 valence electrons. The van der Waals surface area contributed by atoms with Gasteiger partial charge in [-0.05, 0) is 22.4 Å². The van der Waals surface area contributed by atoms with Gasteiger partial charge in [0.15, 0.2) is 10.8 Å². The van der Waals surface area contributed by atoms with Crippen LogP contribution in [0, 0.1) is 11.3 Å². The number of fused-ring (bicyclic) bond motifs is 1. The number of hydrogen-bond donors (Lipinski definition) is 3. The number of carbonyl (C=O) groups is 4. The highest BCUT2D eigenvalue weighted by Crippen LogP contribution is 2.41. The van der Waals surface area contributed by atoms with Crippen LogP contribution in [0.25, 0.3) is 0 Å². The van der Waals surface area contributed by atoms with Gasteiger partial charge in [-0.2, -0.15) is 5.26 Å². The number of carbonyl (C=O) groups excluding carboxylic acids is 3. The van der Waals surface area contributed by atoms with Crippen LogP contribution in [0.4, 0.5) is 5.13 Å². The second-order valence-corrected chi connectivity index (χ2v) is 11.7. The molecule has 2 atom stereocenters. The third kappa shape index (κ3) is 7.06. The van der Waals surface area contributed by atoms with Crippen LogP contribution in [0.2, 0.25) is 0 Å². The fourth-order valence-corrected chi connectivity index (χ4v) is 7.16. The highest BCUT2D eigenvalue weighted by Gasteiger charge is 2.54. The Morgan fingerprint density at radius 1 is 1.38 bits per heavy atom. The molecule has 2 aromatic rings. The van der Waals surface area contributed by atoms with Crippen molar-refractivity contribution in [2.24, 2.45) is 5.16 Å². The SMILES string of the molecule is CCCCCCn1nnnc1SCC1=C(C(=O)O)N2C(=O)C(NC(=O)/C(=N/OCC#N)c3csc(NC=O)n3)[C@H]2SC1. The molecule has 0 bridgehead atoms. The van der Waals surface area contributed by atoms with Gasteiger partial charge in [0.25, 0.3) is 11.8 Å². The van der Waals surface area contributed by atoms with E-state index >= 15 is 0 Å². The first-order chi connectivity index (χ1) is 20.4. The summed E-state index contributed by atoms with van der Waals surface area (Å²) in [4.78, 5) is 59.3. The number of thioether (sulfide) groups is 2. The number of amides is 3. The third-order valence-corrected chi connectivity index (χ3v) is 9.22. The van der Waals surface area contributed by atoms with Crippen molar-refractivity contribution < 1.29 is 29.1 Å². The molecule has 0 aromatic carbocycles. The molecule has 0 spiro atoms. The molecule has 1 fully saturated rings. The van der Waals surface area contributed by atoms with Crippen molar-refractivity contribution in [3.63, 3.8) is 0 Å². The predicted molar refractivity (Wildman–Crippen MR) is 152 cm³/mol. The second kappa shape index (κ2) is 14.7. The van der Waals surface area contributed by atoms with Crippen molar-refractivity contribution in [3.05, 3.63) is 22.3 Å². The molecule has 4 heterocycles. The van der Waals surface area contributed by atoms with Crippen LogP contribution in [-0.2, 0) is 30.6 Å². The van der Waals surface area contributed by atoms with Crippen molar-refractivity contribution in [3.8, 4) is 6.07 Å². The fraction of sp³-hybridized carbons (Fsp3) is 0.478. The second-order valence-electron chi connectivity index (χ2n) is 8.82. The molecule has 19 heteroatoms. The number of oxime groups is 1. The van der Waals surface area contributed by atoms with E-state index in [2.05, 4.69) is 43.2 Å². The summed E-state index contributed by atoms with van der Waals surface area (Å²) in [5.74, 6) is -2.08. The minimum Gasteiger partial charge on any atom is -0.477 e. The molecular weight excluding hydrogens is 609 g/mol. The first-order valence-electron chi connectivity index (χ1n) is 12.7. The molecule has 42 heavy (non-hydrogen) atoms. The van der Waals surface area contributed by atoms with Gasteiger partial charge in [0.05, 0.1) is 0 Å². The average molecular weight is 635 g/mol. The van der Waals surface area contributed by atoms with E-state index in [4.69, 9.17) is 10.1 Å². The summed E-state index contributed by atoms with van der Waals surface area (Å²) in [6.07, 6.45) is 4.64. The Bertz CT molecular complexity index is 1430. The first kappa shape index (κ1) is 30.9. The molecule has 3 N–H and O–H groups in total. The monoisotopic (exact) mass is 634 g/mol. The zero-order valence-electron chi connectivity index (χ0n) is 22.3. The lowest BCUT2D eigenvalue weighted by Gasteiger charge is -2.49. The number of nitrogens with zero attached hydrogens (tertiary/aromatic N) is 8. The van der Waals surface area contributed by atoms with E-state index in [1.165, 1.54) is 33.8 Å². The molecule has 2 aromatic heterocycles. The van der Waals surface area contributed by atoms with Crippen LogP contribution < -0.4 is 10.6 Å². The van der Waals surface area contributed by atoms with E-state index in [-0.39, 0.29) is 28.0 Å². The van der Waals surface area contributed by atoms with Crippen molar-refractivity contribution in [2.45, 2.75) is 55.7 Å². The van der Waals surface area contributed by atoms with Crippen molar-refractivity contribution in [1.82, 2.24) is 35.4 Å². The van der Waals surface area contributed by atoms with E-state index in [0.29, 0.717) is 29.4 Å². The van der Waals surface area contributed by atoms with E-state index in [1.54, 1.807) is 10.8 Å². The van der Waals surface area contributed by atoms with Gasteiger partial charge >= 0.3 is 5.97 Å². The molecule has 1 unspecified atom stereocenters. The van der Waals surface area contributed by atoms with E-state index in [1.807, 2.05) is 0 Å². The number of nitrogens with one attached hydrogen (secondary N) is 2. The smallest absolute Gasteiger partial charge is 0.352 e. The maximum Gasteiger partial charge on any atom is 0.352 e. The van der Waals surface area contributed by atoms with Gasteiger partial charge in [-0.15, -0.1) is 28.2 Å². The van der Waals surface area contributed by atoms with E-state index in [0.717, 1.165) is 37.0 Å². The zero-order chi connectivity index (χ0) is 30.1. The largest absolute Gasteiger partial charge is 0.477 e. The number of carboxylic acids is 1. The lowest BCUT2D eigenvalue weighted by molar-refractivity contribution is -0.150. The molecule has 16 nitrogen and oxygen atoms in total. The minimum absolute atomic E-state index is 0.0536. The number of carboxylic acid groups (broad SMARTS) is 1. The Morgan fingerprint density at radius 3 is 2.95 bits per heavy atom. The molecule has 4 rings (SSSR count). The highest BCUT2D eigenvalue weighted by atomic mass is 32.2. The van der Waals surface area contributed by atoms with Gasteiger partial charge in [-0.1, -0.05) is 43.1 Å². The predicted octanol–water partition coefficient (Wildman–Crippen LogP) is 1.05. The van der Waals surface area contributed by atoms with Gasteiger partial charge in [0, 0.05) is 23.4 Å². The topological polar surface area (TPSA) is 218 Å². The van der Waals surface area contributed by atoms with Gasteiger partial charge in [-0.3, -0.25) is 19.3 Å². The molecule has 0 radical (unpaired) electrons. The summed E-state index contributed by atoms with van der Waals surface area (Å²) in [7, 11) is 0. The van der Waals surface area contributed by atoms with Crippen molar-refractivity contribution >= 4 is 69.9 Å². The third-order valence-electron chi connectivity index (χ3n) is 6.06. The zero-order valence-corrected chi connectivity index (χ0v) is 24.7. The quantitative estimate of drug-likeness (QED) is 0.0588. The maximum atomic E-state index is 13.1. The molecular formula is C23H26N10O6S3. The summed E-state index contributed by atoms with van der Waals surface area (Å²) in [5, 5.41) is 40.7. The number of hydrogen-bond acceptors (Lipinski definition) is 14. The van der Waals surface area contributed by atoms with Gasteiger partial charge in [0.2, 0.25) is 18.2 Å². The van der Waals surface area contributed by atoms with Crippen LogP contribution in [0.1, 0.15) is 38.3 Å². The molecule has 1 saturated heterocycles. The van der Waals surface area contributed by atoms with Crippen LogP contribution in [0.3, 0.4) is 0 Å². The maximum absolute atomic E-state index is 13.1. The van der Waals surface area contributed by atoms with Crippen LogP contribution in [0.15, 0.2) is 27.0 Å². The van der Waals surface area contributed by atoms with Crippen LogP contribution in [0.5, 0.6) is 0 Å². The lowest BCUT2D eigenvalue weighted by Crippen LogP contribution is -2.71. The van der Waals surface area contributed by atoms with Crippen molar-refractivity contribution in [2.75, 3.05) is 23.4 Å². The minimum atomic E-state index is -1.25. The van der Waals surface area contributed by atoms with E-state index < -0.39 is 35.8 Å². The Labute approximate surface area is 251 Å². The van der Waals surface area contributed by atoms with Gasteiger partial charge < -0.3 is 20.6 Å². The molecule has 0 saturated carbocycles.